The van der Waals surface area contributed by atoms with Crippen molar-refractivity contribution < 1.29 is 4.39 Å². The minimum Gasteiger partial charge on any atom is -0.370 e. The van der Waals surface area contributed by atoms with E-state index in [0.29, 0.717) is 12.5 Å². The Morgan fingerprint density at radius 3 is 2.60 bits per heavy atom. The highest BCUT2D eigenvalue weighted by molar-refractivity contribution is 5.92. The quantitative estimate of drug-likeness (QED) is 0.648. The van der Waals surface area contributed by atoms with E-state index in [1.165, 1.54) is 36.1 Å². The lowest BCUT2D eigenvalue weighted by molar-refractivity contribution is 0.306. The number of aryl methyl sites for hydroxylation is 2. The first-order chi connectivity index (χ1) is 12.0. The normalized spacial score (nSPS) is 15.3. The van der Waals surface area contributed by atoms with Crippen LogP contribution in [0, 0.1) is 5.82 Å². The number of fused-ring (bicyclic) bond motifs is 1. The molecule has 1 aliphatic rings. The Labute approximate surface area is 148 Å². The zero-order chi connectivity index (χ0) is 17.8. The first-order valence-electron chi connectivity index (χ1n) is 8.63. The van der Waals surface area contributed by atoms with Crippen LogP contribution in [0.4, 0.5) is 10.1 Å². The van der Waals surface area contributed by atoms with Gasteiger partial charge in [0.1, 0.15) is 5.82 Å². The predicted molar refractivity (Wildman–Crippen MR) is 101 cm³/mol. The van der Waals surface area contributed by atoms with Crippen molar-refractivity contribution in [2.45, 2.75) is 25.3 Å². The summed E-state index contributed by atoms with van der Waals surface area (Å²) in [7, 11) is 3.96. The highest BCUT2D eigenvalue weighted by Crippen LogP contribution is 2.25. The number of hydrogen-bond donors (Lipinski definition) is 2. The molecule has 0 aromatic heterocycles. The molecule has 0 aliphatic heterocycles. The third-order valence-electron chi connectivity index (χ3n) is 4.68. The second-order valence-corrected chi connectivity index (χ2v) is 6.72. The van der Waals surface area contributed by atoms with E-state index in [1.807, 2.05) is 14.1 Å². The van der Waals surface area contributed by atoms with Crippen molar-refractivity contribution in [1.29, 1.82) is 0 Å². The zero-order valence-electron chi connectivity index (χ0n) is 14.8. The summed E-state index contributed by atoms with van der Waals surface area (Å²) in [6.45, 7) is 0.502. The van der Waals surface area contributed by atoms with Gasteiger partial charge in [-0.25, -0.2) is 4.39 Å². The number of nitrogens with zero attached hydrogens (tertiary/aromatic N) is 2. The zero-order valence-corrected chi connectivity index (χ0v) is 14.8. The van der Waals surface area contributed by atoms with Gasteiger partial charge in [-0.1, -0.05) is 18.2 Å². The van der Waals surface area contributed by atoms with E-state index < -0.39 is 0 Å². The summed E-state index contributed by atoms with van der Waals surface area (Å²) in [6, 6.07) is 13.0. The molecular weight excluding hydrogens is 315 g/mol. The molecule has 132 valence electrons. The number of benzene rings is 2. The molecule has 0 fully saturated rings. The minimum absolute atomic E-state index is 0.0426. The van der Waals surface area contributed by atoms with Crippen LogP contribution in [-0.4, -0.2) is 31.5 Å². The molecule has 2 aromatic rings. The van der Waals surface area contributed by atoms with Crippen molar-refractivity contribution in [2.24, 2.45) is 10.7 Å². The molecule has 3 N–H and O–H groups in total. The second-order valence-electron chi connectivity index (χ2n) is 6.72. The lowest BCUT2D eigenvalue weighted by Gasteiger charge is -2.23. The van der Waals surface area contributed by atoms with Gasteiger partial charge in [0.2, 0.25) is 0 Å². The van der Waals surface area contributed by atoms with Crippen molar-refractivity contribution in [2.75, 3.05) is 26.0 Å². The molecule has 1 unspecified atom stereocenters. The van der Waals surface area contributed by atoms with Gasteiger partial charge in [0.15, 0.2) is 5.96 Å². The molecule has 1 aliphatic carbocycles. The maximum absolute atomic E-state index is 13.1. The third kappa shape index (κ3) is 4.37. The monoisotopic (exact) mass is 340 g/mol. The standard InChI is InChI=1S/C20H25FN4/c1-25(2)19(15-6-9-17(21)10-7-15)13-23-20(22)24-18-11-8-14-4-3-5-16(14)12-18/h6-12,19H,3-5,13H2,1-2H3,(H3,22,23,24). The lowest BCUT2D eigenvalue weighted by Crippen LogP contribution is -2.27. The van der Waals surface area contributed by atoms with Crippen LogP contribution in [-0.2, 0) is 12.8 Å². The molecule has 0 saturated heterocycles. The van der Waals surface area contributed by atoms with Crippen LogP contribution in [0.25, 0.3) is 0 Å². The van der Waals surface area contributed by atoms with Gasteiger partial charge in [-0.15, -0.1) is 0 Å². The van der Waals surface area contributed by atoms with E-state index in [-0.39, 0.29) is 11.9 Å². The molecule has 0 saturated carbocycles. The van der Waals surface area contributed by atoms with Crippen molar-refractivity contribution in [3.63, 3.8) is 0 Å². The van der Waals surface area contributed by atoms with Gasteiger partial charge >= 0.3 is 0 Å². The van der Waals surface area contributed by atoms with Crippen molar-refractivity contribution in [3.8, 4) is 0 Å². The smallest absolute Gasteiger partial charge is 0.193 e. The van der Waals surface area contributed by atoms with Crippen LogP contribution in [0.2, 0.25) is 0 Å². The SMILES string of the molecule is CN(C)C(CN=C(N)Nc1ccc2c(c1)CCC2)c1ccc(F)cc1. The van der Waals surface area contributed by atoms with Crippen LogP contribution in [0.15, 0.2) is 47.5 Å². The second kappa shape index (κ2) is 7.66. The maximum Gasteiger partial charge on any atom is 0.193 e. The van der Waals surface area contributed by atoms with Crippen molar-refractivity contribution >= 4 is 11.6 Å². The van der Waals surface area contributed by atoms with E-state index in [1.54, 1.807) is 12.1 Å². The average molecular weight is 340 g/mol. The van der Waals surface area contributed by atoms with Crippen molar-refractivity contribution in [3.05, 3.63) is 65.0 Å². The predicted octanol–water partition coefficient (Wildman–Crippen LogP) is 3.34. The van der Waals surface area contributed by atoms with Gasteiger partial charge in [-0.05, 0) is 74.3 Å². The summed E-state index contributed by atoms with van der Waals surface area (Å²) in [5.74, 6) is 0.162. The van der Waals surface area contributed by atoms with E-state index in [4.69, 9.17) is 5.73 Å². The highest BCUT2D eigenvalue weighted by Gasteiger charge is 2.14. The minimum atomic E-state index is -0.234. The number of rotatable bonds is 5. The molecule has 5 heteroatoms. The Balaban J connectivity index is 1.67. The number of nitrogens with two attached hydrogens (primary N) is 1. The first-order valence-corrected chi connectivity index (χ1v) is 8.63. The molecule has 0 amide bonds. The van der Waals surface area contributed by atoms with Crippen molar-refractivity contribution in [1.82, 2.24) is 4.90 Å². The van der Waals surface area contributed by atoms with Crippen LogP contribution >= 0.6 is 0 Å². The number of hydrogen-bond acceptors (Lipinski definition) is 2. The summed E-state index contributed by atoms with van der Waals surface area (Å²) in [5, 5.41) is 3.18. The lowest BCUT2D eigenvalue weighted by atomic mass is 10.1. The van der Waals surface area contributed by atoms with Gasteiger partial charge in [0.05, 0.1) is 12.6 Å². The Morgan fingerprint density at radius 2 is 1.88 bits per heavy atom. The number of nitrogens with one attached hydrogen (secondary N) is 1. The molecule has 3 rings (SSSR count). The van der Waals surface area contributed by atoms with Crippen LogP contribution in [0.3, 0.4) is 0 Å². The summed E-state index contributed by atoms with van der Waals surface area (Å²) in [5.41, 5.74) is 10.9. The molecule has 0 radical (unpaired) electrons. The highest BCUT2D eigenvalue weighted by atomic mass is 19.1. The van der Waals surface area contributed by atoms with Gasteiger partial charge < -0.3 is 16.0 Å². The Kier molecular flexibility index (Phi) is 5.34. The van der Waals surface area contributed by atoms with Gasteiger partial charge in [0, 0.05) is 5.69 Å². The number of likely N-dealkylation sites (N-methyl/N-ethyl adjacent to an activating group) is 1. The number of aliphatic imine (C=N–C) groups is 1. The largest absolute Gasteiger partial charge is 0.370 e. The summed E-state index contributed by atoms with van der Waals surface area (Å²) in [6.07, 6.45) is 3.53. The van der Waals surface area contributed by atoms with Crippen LogP contribution < -0.4 is 11.1 Å². The fourth-order valence-electron chi connectivity index (χ4n) is 3.27. The van der Waals surface area contributed by atoms with E-state index in [9.17, 15) is 4.39 Å². The van der Waals surface area contributed by atoms with Crippen LogP contribution in [0.1, 0.15) is 29.2 Å². The molecule has 2 aromatic carbocycles. The third-order valence-corrected chi connectivity index (χ3v) is 4.68. The number of halogens is 1. The van der Waals surface area contributed by atoms with Crippen LogP contribution in [0.5, 0.6) is 0 Å². The fraction of sp³-hybridized carbons (Fsp3) is 0.350. The van der Waals surface area contributed by atoms with Gasteiger partial charge in [-0.3, -0.25) is 4.99 Å². The molecule has 0 spiro atoms. The molecule has 25 heavy (non-hydrogen) atoms. The fourth-order valence-corrected chi connectivity index (χ4v) is 3.27. The molecule has 0 heterocycles. The first kappa shape index (κ1) is 17.4. The number of guanidine groups is 1. The summed E-state index contributed by atoms with van der Waals surface area (Å²) < 4.78 is 13.1. The van der Waals surface area contributed by atoms with Gasteiger partial charge in [-0.2, -0.15) is 0 Å². The van der Waals surface area contributed by atoms with E-state index in [0.717, 1.165) is 17.7 Å². The molecule has 0 bridgehead atoms. The Morgan fingerprint density at radius 1 is 1.16 bits per heavy atom. The maximum atomic E-state index is 13.1. The average Bonchev–Trinajstić information content (AvgIpc) is 3.04. The summed E-state index contributed by atoms with van der Waals surface area (Å²) >= 11 is 0. The van der Waals surface area contributed by atoms with E-state index >= 15 is 0 Å². The molecule has 1 atom stereocenters. The molecular formula is C20H25FN4. The van der Waals surface area contributed by atoms with E-state index in [2.05, 4.69) is 33.4 Å². The molecule has 4 nitrogen and oxygen atoms in total. The Bertz CT molecular complexity index is 753. The van der Waals surface area contributed by atoms with Gasteiger partial charge in [0.25, 0.3) is 0 Å². The number of anilines is 1. The Hall–Kier alpha value is -2.40. The summed E-state index contributed by atoms with van der Waals surface area (Å²) in [4.78, 5) is 6.54. The topological polar surface area (TPSA) is 53.6 Å².